The van der Waals surface area contributed by atoms with Crippen molar-refractivity contribution < 1.29 is 19.2 Å². The van der Waals surface area contributed by atoms with Gasteiger partial charge >= 0.3 is 17.6 Å². The third-order valence-electron chi connectivity index (χ3n) is 1.96. The molecule has 2 rings (SSSR count). The van der Waals surface area contributed by atoms with Crippen LogP contribution >= 0.6 is 0 Å². The zero-order valence-electron chi connectivity index (χ0n) is 7.62. The van der Waals surface area contributed by atoms with Gasteiger partial charge in [0, 0.05) is 0 Å². The lowest BCUT2D eigenvalue weighted by Gasteiger charge is -1.95. The van der Waals surface area contributed by atoms with Crippen LogP contribution in [0, 0.1) is 16.1 Å². The fraction of sp³-hybridized carbons (Fsp3) is 0. The number of imidazole rings is 1. The van der Waals surface area contributed by atoms with E-state index in [0.29, 0.717) is 4.40 Å². The number of aromatic nitrogens is 2. The van der Waals surface area contributed by atoms with Crippen molar-refractivity contribution in [1.82, 2.24) is 9.38 Å². The minimum Gasteiger partial charge on any atom is -0.474 e. The highest BCUT2D eigenvalue weighted by Gasteiger charge is 2.28. The third kappa shape index (κ3) is 1.28. The Morgan fingerprint density at radius 3 is 2.81 bits per heavy atom. The Balaban J connectivity index is 2.93. The van der Waals surface area contributed by atoms with Crippen LogP contribution < -0.4 is 0 Å². The molecule has 82 valence electrons. The average molecular weight is 225 g/mol. The van der Waals surface area contributed by atoms with E-state index >= 15 is 0 Å². The number of carboxylic acids is 1. The number of hydrogen-bond donors (Lipinski definition) is 1. The summed E-state index contributed by atoms with van der Waals surface area (Å²) in [5.41, 5.74) is -0.192. The largest absolute Gasteiger partial charge is 0.474 e. The zero-order chi connectivity index (χ0) is 11.9. The van der Waals surface area contributed by atoms with Crippen molar-refractivity contribution in [2.75, 3.05) is 0 Å². The Hall–Kier alpha value is -2.51. The van der Waals surface area contributed by atoms with E-state index in [9.17, 15) is 19.3 Å². The molecular formula is C8H4FN3O4. The van der Waals surface area contributed by atoms with Crippen LogP contribution in [0.4, 0.5) is 10.2 Å². The maximum atomic E-state index is 13.3. The summed E-state index contributed by atoms with van der Waals surface area (Å²) in [6, 6.07) is 3.45. The summed E-state index contributed by atoms with van der Waals surface area (Å²) < 4.78 is 13.9. The van der Waals surface area contributed by atoms with Crippen LogP contribution in [0.2, 0.25) is 0 Å². The number of halogens is 1. The van der Waals surface area contributed by atoms with Gasteiger partial charge in [-0.15, -0.1) is 0 Å². The van der Waals surface area contributed by atoms with E-state index < -0.39 is 28.5 Å². The number of pyridine rings is 1. The molecule has 0 aliphatic carbocycles. The molecule has 8 heteroatoms. The first-order valence-corrected chi connectivity index (χ1v) is 4.07. The van der Waals surface area contributed by atoms with E-state index in [1.807, 2.05) is 0 Å². The Morgan fingerprint density at radius 2 is 2.25 bits per heavy atom. The molecule has 1 N–H and O–H groups in total. The second-order valence-corrected chi connectivity index (χ2v) is 2.89. The lowest BCUT2D eigenvalue weighted by Crippen LogP contribution is -2.05. The summed E-state index contributed by atoms with van der Waals surface area (Å²) in [7, 11) is 0. The van der Waals surface area contributed by atoms with Crippen LogP contribution in [-0.2, 0) is 0 Å². The molecule has 0 amide bonds. The smallest absolute Gasteiger partial charge is 0.399 e. The van der Waals surface area contributed by atoms with Crippen LogP contribution in [0.1, 0.15) is 10.6 Å². The van der Waals surface area contributed by atoms with Gasteiger partial charge in [0.1, 0.15) is 5.52 Å². The van der Waals surface area contributed by atoms with Gasteiger partial charge < -0.3 is 15.2 Å². The number of nitro groups is 1. The maximum absolute atomic E-state index is 13.3. The third-order valence-corrected chi connectivity index (χ3v) is 1.96. The molecule has 2 aromatic rings. The molecule has 0 bridgehead atoms. The van der Waals surface area contributed by atoms with Crippen LogP contribution in [0.15, 0.2) is 18.2 Å². The summed E-state index contributed by atoms with van der Waals surface area (Å²) >= 11 is 0. The average Bonchev–Trinajstić information content (AvgIpc) is 2.58. The van der Waals surface area contributed by atoms with Crippen molar-refractivity contribution in [3.05, 3.63) is 40.1 Å². The van der Waals surface area contributed by atoms with E-state index in [4.69, 9.17) is 5.11 Å². The first-order valence-electron chi connectivity index (χ1n) is 4.07. The molecule has 0 spiro atoms. The lowest BCUT2D eigenvalue weighted by atomic mass is 10.4. The summed E-state index contributed by atoms with van der Waals surface area (Å²) in [5, 5.41) is 19.3. The number of carbonyl (C=O) groups is 1. The second-order valence-electron chi connectivity index (χ2n) is 2.89. The summed E-state index contributed by atoms with van der Waals surface area (Å²) in [6.07, 6.45) is 0. The number of hydrogen-bond acceptors (Lipinski definition) is 4. The number of rotatable bonds is 2. The summed E-state index contributed by atoms with van der Waals surface area (Å²) in [6.45, 7) is 0. The topological polar surface area (TPSA) is 97.7 Å². The molecule has 0 radical (unpaired) electrons. The lowest BCUT2D eigenvalue weighted by molar-refractivity contribution is -0.387. The Bertz CT molecular complexity index is 607. The van der Waals surface area contributed by atoms with E-state index in [-0.39, 0.29) is 5.52 Å². The van der Waals surface area contributed by atoms with Crippen molar-refractivity contribution in [1.29, 1.82) is 0 Å². The highest BCUT2D eigenvalue weighted by atomic mass is 19.1. The highest BCUT2D eigenvalue weighted by molar-refractivity contribution is 5.86. The predicted molar refractivity (Wildman–Crippen MR) is 48.8 cm³/mol. The number of carboxylic acid groups (broad SMARTS) is 1. The monoisotopic (exact) mass is 225 g/mol. The fourth-order valence-electron chi connectivity index (χ4n) is 1.36. The first-order chi connectivity index (χ1) is 7.52. The van der Waals surface area contributed by atoms with E-state index in [1.165, 1.54) is 12.1 Å². The zero-order valence-corrected chi connectivity index (χ0v) is 7.62. The summed E-state index contributed by atoms with van der Waals surface area (Å²) in [5.74, 6) is -3.86. The number of aromatic carboxylic acids is 1. The van der Waals surface area contributed by atoms with Crippen molar-refractivity contribution in [2.45, 2.75) is 0 Å². The minimum absolute atomic E-state index is 0.192. The quantitative estimate of drug-likeness (QED) is 0.468. The Kier molecular flexibility index (Phi) is 2.04. The number of fused-ring (bicyclic) bond motifs is 1. The molecule has 0 unspecified atom stereocenters. The summed E-state index contributed by atoms with van der Waals surface area (Å²) in [4.78, 5) is 23.7. The van der Waals surface area contributed by atoms with Gasteiger partial charge in [0.25, 0.3) is 0 Å². The van der Waals surface area contributed by atoms with Crippen molar-refractivity contribution in [3.8, 4) is 0 Å². The molecule has 16 heavy (non-hydrogen) atoms. The molecule has 0 fully saturated rings. The second kappa shape index (κ2) is 3.26. The van der Waals surface area contributed by atoms with Gasteiger partial charge in [0.05, 0.1) is 0 Å². The molecule has 0 aliphatic heterocycles. The molecule has 0 aliphatic rings. The van der Waals surface area contributed by atoms with Gasteiger partial charge in [-0.2, -0.15) is 4.39 Å². The predicted octanol–water partition coefficient (Wildman–Crippen LogP) is 1.08. The molecule has 0 aromatic carbocycles. The van der Waals surface area contributed by atoms with Gasteiger partial charge in [0.2, 0.25) is 5.95 Å². The van der Waals surface area contributed by atoms with Crippen molar-refractivity contribution >= 4 is 17.3 Å². The minimum atomic E-state index is -1.53. The van der Waals surface area contributed by atoms with Gasteiger partial charge in [-0.25, -0.2) is 9.20 Å². The van der Waals surface area contributed by atoms with Crippen LogP contribution in [0.3, 0.4) is 0 Å². The van der Waals surface area contributed by atoms with Crippen molar-refractivity contribution in [2.24, 2.45) is 0 Å². The van der Waals surface area contributed by atoms with Crippen LogP contribution in [-0.4, -0.2) is 25.4 Å². The van der Waals surface area contributed by atoms with Gasteiger partial charge in [-0.3, -0.25) is 0 Å². The number of nitrogens with zero attached hydrogens (tertiary/aromatic N) is 3. The first kappa shape index (κ1) is 10.0. The Morgan fingerprint density at radius 1 is 1.56 bits per heavy atom. The van der Waals surface area contributed by atoms with Gasteiger partial charge in [-0.05, 0) is 22.0 Å². The van der Waals surface area contributed by atoms with E-state index in [1.54, 1.807) is 0 Å². The normalized spacial score (nSPS) is 10.6. The molecule has 0 saturated carbocycles. The van der Waals surface area contributed by atoms with Crippen LogP contribution in [0.25, 0.3) is 5.52 Å². The SMILES string of the molecule is O=C(O)c1nc([N+](=O)[O-])c2cccc(F)n12. The fourth-order valence-corrected chi connectivity index (χ4v) is 1.36. The molecule has 2 heterocycles. The standard InChI is InChI=1S/C8H4FN3O4/c9-5-3-1-2-4-6(12(15)16)10-7(8(13)14)11(4)5/h1-3H,(H,13,14). The Labute approximate surface area is 86.9 Å². The molecular weight excluding hydrogens is 221 g/mol. The van der Waals surface area contributed by atoms with E-state index in [0.717, 1.165) is 6.07 Å². The maximum Gasteiger partial charge on any atom is 0.399 e. The molecule has 0 atom stereocenters. The van der Waals surface area contributed by atoms with Gasteiger partial charge in [0.15, 0.2) is 0 Å². The van der Waals surface area contributed by atoms with Crippen molar-refractivity contribution in [3.63, 3.8) is 0 Å². The van der Waals surface area contributed by atoms with Gasteiger partial charge in [-0.1, -0.05) is 6.07 Å². The molecule has 0 saturated heterocycles. The highest BCUT2D eigenvalue weighted by Crippen LogP contribution is 2.21. The van der Waals surface area contributed by atoms with Crippen LogP contribution in [0.5, 0.6) is 0 Å². The van der Waals surface area contributed by atoms with E-state index in [2.05, 4.69) is 4.98 Å². The molecule has 2 aromatic heterocycles. The molecule has 7 nitrogen and oxygen atoms in total.